The van der Waals surface area contributed by atoms with Crippen LogP contribution in [0.4, 0.5) is 0 Å². The smallest absolute Gasteiger partial charge is 0.243 e. The largest absolute Gasteiger partial charge is 0.497 e. The van der Waals surface area contributed by atoms with Gasteiger partial charge in [-0.25, -0.2) is 8.42 Å². The molecule has 1 unspecified atom stereocenters. The summed E-state index contributed by atoms with van der Waals surface area (Å²) in [4.78, 5) is 13.1. The highest BCUT2D eigenvalue weighted by atomic mass is 32.2. The van der Waals surface area contributed by atoms with Crippen LogP contribution in [-0.2, 0) is 27.7 Å². The predicted molar refractivity (Wildman–Crippen MR) is 124 cm³/mol. The van der Waals surface area contributed by atoms with Gasteiger partial charge < -0.3 is 10.1 Å². The number of carbonyl (C=O) groups is 1. The van der Waals surface area contributed by atoms with Gasteiger partial charge in [0.05, 0.1) is 18.0 Å². The van der Waals surface area contributed by atoms with Crippen LogP contribution < -0.4 is 10.1 Å². The van der Waals surface area contributed by atoms with Crippen LogP contribution in [0.15, 0.2) is 47.4 Å². The van der Waals surface area contributed by atoms with Crippen LogP contribution in [0.2, 0.25) is 0 Å². The van der Waals surface area contributed by atoms with Gasteiger partial charge in [-0.05, 0) is 86.4 Å². The van der Waals surface area contributed by atoms with E-state index in [9.17, 15) is 13.2 Å². The number of benzene rings is 2. The van der Waals surface area contributed by atoms with Crippen molar-refractivity contribution in [3.63, 3.8) is 0 Å². The predicted octanol–water partition coefficient (Wildman–Crippen LogP) is 3.85. The Labute approximate surface area is 191 Å². The Morgan fingerprint density at radius 1 is 1.03 bits per heavy atom. The molecule has 6 nitrogen and oxygen atoms in total. The number of fused-ring (bicyclic) bond motifs is 1. The van der Waals surface area contributed by atoms with E-state index < -0.39 is 10.0 Å². The molecule has 1 aliphatic heterocycles. The fourth-order valence-electron chi connectivity index (χ4n) is 4.69. The molecule has 0 radical (unpaired) electrons. The van der Waals surface area contributed by atoms with Crippen molar-refractivity contribution in [1.29, 1.82) is 0 Å². The van der Waals surface area contributed by atoms with Crippen molar-refractivity contribution in [2.75, 3.05) is 20.2 Å². The van der Waals surface area contributed by atoms with Gasteiger partial charge in [-0.2, -0.15) is 4.31 Å². The highest BCUT2D eigenvalue weighted by Crippen LogP contribution is 2.27. The van der Waals surface area contributed by atoms with Gasteiger partial charge in [-0.1, -0.05) is 18.2 Å². The van der Waals surface area contributed by atoms with E-state index in [4.69, 9.17) is 4.74 Å². The molecule has 1 heterocycles. The van der Waals surface area contributed by atoms with Crippen LogP contribution >= 0.6 is 0 Å². The van der Waals surface area contributed by atoms with Crippen molar-refractivity contribution in [3.05, 3.63) is 59.2 Å². The third kappa shape index (κ3) is 4.84. The Morgan fingerprint density at radius 2 is 1.69 bits per heavy atom. The van der Waals surface area contributed by atoms with Gasteiger partial charge in [-0.3, -0.25) is 4.79 Å². The fourth-order valence-corrected chi connectivity index (χ4v) is 6.16. The molecule has 4 rings (SSSR count). The van der Waals surface area contributed by atoms with E-state index in [0.29, 0.717) is 31.7 Å². The monoisotopic (exact) mass is 456 g/mol. The maximum Gasteiger partial charge on any atom is 0.243 e. The Hall–Kier alpha value is -2.38. The van der Waals surface area contributed by atoms with Gasteiger partial charge in [-0.15, -0.1) is 0 Å². The molecule has 0 aromatic heterocycles. The Balaban J connectivity index is 1.34. The lowest BCUT2D eigenvalue weighted by Crippen LogP contribution is -2.43. The fraction of sp³-hybridized carbons (Fsp3) is 0.480. The minimum absolute atomic E-state index is 0.0108. The molecule has 0 bridgehead atoms. The molecule has 1 saturated heterocycles. The maximum absolute atomic E-state index is 12.9. The van der Waals surface area contributed by atoms with Crippen molar-refractivity contribution in [2.24, 2.45) is 5.92 Å². The zero-order chi connectivity index (χ0) is 22.7. The second-order valence-corrected chi connectivity index (χ2v) is 10.8. The molecule has 1 atom stereocenters. The first kappa shape index (κ1) is 22.8. The molecule has 1 amide bonds. The minimum Gasteiger partial charge on any atom is -0.497 e. The number of piperidine rings is 1. The van der Waals surface area contributed by atoms with Crippen LogP contribution in [0.25, 0.3) is 0 Å². The van der Waals surface area contributed by atoms with Gasteiger partial charge >= 0.3 is 0 Å². The molecular formula is C25H32N2O4S. The van der Waals surface area contributed by atoms with E-state index in [1.807, 2.05) is 6.92 Å². The lowest BCUT2D eigenvalue weighted by Gasteiger charge is -2.31. The van der Waals surface area contributed by atoms with E-state index in [1.54, 1.807) is 31.4 Å². The van der Waals surface area contributed by atoms with Crippen LogP contribution in [0.5, 0.6) is 5.75 Å². The lowest BCUT2D eigenvalue weighted by molar-refractivity contribution is -0.126. The Kier molecular flexibility index (Phi) is 6.86. The third-order valence-electron chi connectivity index (χ3n) is 6.75. The van der Waals surface area contributed by atoms with Crippen LogP contribution in [0.3, 0.4) is 0 Å². The SMILES string of the molecule is COc1ccc(S(=O)(=O)N2CCC(C(=O)NC(C)c3ccc4c(c3)CCCC4)CC2)cc1. The minimum atomic E-state index is -3.56. The quantitative estimate of drug-likeness (QED) is 0.716. The summed E-state index contributed by atoms with van der Waals surface area (Å²) < 4.78 is 32.4. The van der Waals surface area contributed by atoms with E-state index in [1.165, 1.54) is 28.3 Å². The molecular weight excluding hydrogens is 424 g/mol. The average Bonchev–Trinajstić information content (AvgIpc) is 2.83. The molecule has 1 fully saturated rings. The van der Waals surface area contributed by atoms with E-state index in [-0.39, 0.29) is 22.8 Å². The third-order valence-corrected chi connectivity index (χ3v) is 8.67. The Bertz CT molecular complexity index is 1060. The van der Waals surface area contributed by atoms with Gasteiger partial charge in [0.1, 0.15) is 5.75 Å². The van der Waals surface area contributed by atoms with Crippen molar-refractivity contribution < 1.29 is 17.9 Å². The van der Waals surface area contributed by atoms with Crippen molar-refractivity contribution >= 4 is 15.9 Å². The van der Waals surface area contributed by atoms with Crippen LogP contribution in [0.1, 0.15) is 55.3 Å². The summed E-state index contributed by atoms with van der Waals surface area (Å²) in [6.07, 6.45) is 5.80. The molecule has 2 aliphatic rings. The normalized spacial score (nSPS) is 18.6. The lowest BCUT2D eigenvalue weighted by atomic mass is 9.89. The molecule has 2 aromatic rings. The number of ether oxygens (including phenoxy) is 1. The molecule has 0 saturated carbocycles. The first-order valence-corrected chi connectivity index (χ1v) is 12.9. The van der Waals surface area contributed by atoms with E-state index >= 15 is 0 Å². The first-order chi connectivity index (χ1) is 15.4. The number of methoxy groups -OCH3 is 1. The van der Waals surface area contributed by atoms with Crippen molar-refractivity contribution in [2.45, 2.75) is 56.4 Å². The summed E-state index contributed by atoms with van der Waals surface area (Å²) in [5.74, 6) is 0.460. The summed E-state index contributed by atoms with van der Waals surface area (Å²) >= 11 is 0. The maximum atomic E-state index is 12.9. The topological polar surface area (TPSA) is 75.7 Å². The average molecular weight is 457 g/mol. The molecule has 172 valence electrons. The molecule has 0 spiro atoms. The summed E-state index contributed by atoms with van der Waals surface area (Å²) in [7, 11) is -2.02. The number of hydrogen-bond acceptors (Lipinski definition) is 4. The van der Waals surface area contributed by atoms with Crippen molar-refractivity contribution in [1.82, 2.24) is 9.62 Å². The Morgan fingerprint density at radius 3 is 2.34 bits per heavy atom. The van der Waals surface area contributed by atoms with Crippen LogP contribution in [-0.4, -0.2) is 38.8 Å². The molecule has 1 aliphatic carbocycles. The molecule has 7 heteroatoms. The second-order valence-electron chi connectivity index (χ2n) is 8.82. The number of carbonyl (C=O) groups excluding carboxylic acids is 1. The van der Waals surface area contributed by atoms with Gasteiger partial charge in [0.15, 0.2) is 0 Å². The highest BCUT2D eigenvalue weighted by Gasteiger charge is 2.32. The number of nitrogens with one attached hydrogen (secondary N) is 1. The second kappa shape index (κ2) is 9.63. The number of aryl methyl sites for hydroxylation is 2. The van der Waals surface area contributed by atoms with Gasteiger partial charge in [0, 0.05) is 19.0 Å². The van der Waals surface area contributed by atoms with Gasteiger partial charge in [0.2, 0.25) is 15.9 Å². The summed E-state index contributed by atoms with van der Waals surface area (Å²) in [6, 6.07) is 12.9. The standard InChI is InChI=1S/C25H32N2O4S/c1-18(21-8-7-19-5-3-4-6-22(19)17-21)26-25(28)20-13-15-27(16-14-20)32(29,30)24-11-9-23(31-2)10-12-24/h7-12,17-18,20H,3-6,13-16H2,1-2H3,(H,26,28). The molecule has 32 heavy (non-hydrogen) atoms. The summed E-state index contributed by atoms with van der Waals surface area (Å²) in [5, 5.41) is 3.15. The highest BCUT2D eigenvalue weighted by molar-refractivity contribution is 7.89. The van der Waals surface area contributed by atoms with E-state index in [0.717, 1.165) is 18.4 Å². The number of hydrogen-bond donors (Lipinski definition) is 1. The first-order valence-electron chi connectivity index (χ1n) is 11.4. The number of sulfonamides is 1. The molecule has 2 aromatic carbocycles. The number of rotatable bonds is 6. The van der Waals surface area contributed by atoms with E-state index in [2.05, 4.69) is 23.5 Å². The summed E-state index contributed by atoms with van der Waals surface area (Å²) in [5.41, 5.74) is 3.98. The van der Waals surface area contributed by atoms with Gasteiger partial charge in [0.25, 0.3) is 0 Å². The molecule has 1 N–H and O–H groups in total. The summed E-state index contributed by atoms with van der Waals surface area (Å²) in [6.45, 7) is 2.71. The number of amides is 1. The van der Waals surface area contributed by atoms with Crippen LogP contribution in [0, 0.1) is 5.92 Å². The van der Waals surface area contributed by atoms with Crippen molar-refractivity contribution in [3.8, 4) is 5.75 Å². The zero-order valence-corrected chi connectivity index (χ0v) is 19.7. The zero-order valence-electron chi connectivity index (χ0n) is 18.8. The number of nitrogens with zero attached hydrogens (tertiary/aromatic N) is 1.